The summed E-state index contributed by atoms with van der Waals surface area (Å²) in [7, 11) is 0. The highest BCUT2D eigenvalue weighted by atomic mass is 16.5. The summed E-state index contributed by atoms with van der Waals surface area (Å²) in [6.07, 6.45) is 4.48. The Bertz CT molecular complexity index is 271. The van der Waals surface area contributed by atoms with Crippen LogP contribution in [0.5, 0.6) is 0 Å². The first-order chi connectivity index (χ1) is 5.27. The molecule has 2 nitrogen and oxygen atoms in total. The Hall–Kier alpha value is -1.05. The second-order valence-corrected chi connectivity index (χ2v) is 2.98. The quantitative estimate of drug-likeness (QED) is 0.527. The SMILES string of the molecule is CC1=CCC2=C(O1)C(=O)CC2. The summed E-state index contributed by atoms with van der Waals surface area (Å²) >= 11 is 0. The van der Waals surface area contributed by atoms with E-state index in [0.717, 1.165) is 18.6 Å². The van der Waals surface area contributed by atoms with Gasteiger partial charge in [0.2, 0.25) is 0 Å². The zero-order valence-electron chi connectivity index (χ0n) is 6.52. The molecule has 2 rings (SSSR count). The Morgan fingerprint density at radius 1 is 1.45 bits per heavy atom. The van der Waals surface area contributed by atoms with Crippen molar-refractivity contribution in [2.24, 2.45) is 0 Å². The molecule has 1 aliphatic carbocycles. The Labute approximate surface area is 65.5 Å². The normalized spacial score (nSPS) is 23.0. The largest absolute Gasteiger partial charge is 0.459 e. The molecule has 0 amide bonds. The van der Waals surface area contributed by atoms with E-state index in [1.54, 1.807) is 0 Å². The molecule has 0 fully saturated rings. The molecule has 58 valence electrons. The number of Topliss-reactive ketones (excluding diaryl/α,β-unsaturated/α-hetero) is 1. The first-order valence-electron chi connectivity index (χ1n) is 3.87. The van der Waals surface area contributed by atoms with Crippen LogP contribution in [0.15, 0.2) is 23.2 Å². The Morgan fingerprint density at radius 3 is 3.09 bits per heavy atom. The molecule has 1 heterocycles. The fourth-order valence-electron chi connectivity index (χ4n) is 1.48. The molecule has 0 aromatic rings. The molecular formula is C9H10O2. The molecule has 2 heteroatoms. The van der Waals surface area contributed by atoms with E-state index in [9.17, 15) is 4.79 Å². The van der Waals surface area contributed by atoms with Crippen LogP contribution in [0.4, 0.5) is 0 Å². The van der Waals surface area contributed by atoms with Gasteiger partial charge in [-0.3, -0.25) is 4.79 Å². The van der Waals surface area contributed by atoms with Crippen LogP contribution in [0.25, 0.3) is 0 Å². The van der Waals surface area contributed by atoms with Gasteiger partial charge in [0.1, 0.15) is 0 Å². The molecule has 11 heavy (non-hydrogen) atoms. The third-order valence-electron chi connectivity index (χ3n) is 2.13. The predicted molar refractivity (Wildman–Crippen MR) is 40.7 cm³/mol. The van der Waals surface area contributed by atoms with E-state index in [-0.39, 0.29) is 5.78 Å². The highest BCUT2D eigenvalue weighted by Crippen LogP contribution is 2.31. The van der Waals surface area contributed by atoms with E-state index in [2.05, 4.69) is 0 Å². The smallest absolute Gasteiger partial charge is 0.198 e. The van der Waals surface area contributed by atoms with E-state index in [0.29, 0.717) is 12.2 Å². The minimum Gasteiger partial charge on any atom is -0.459 e. The van der Waals surface area contributed by atoms with E-state index in [1.165, 1.54) is 5.57 Å². The van der Waals surface area contributed by atoms with Crippen LogP contribution >= 0.6 is 0 Å². The monoisotopic (exact) mass is 150 g/mol. The summed E-state index contributed by atoms with van der Waals surface area (Å²) in [6, 6.07) is 0. The molecule has 0 aromatic carbocycles. The van der Waals surface area contributed by atoms with Gasteiger partial charge in [-0.2, -0.15) is 0 Å². The lowest BCUT2D eigenvalue weighted by molar-refractivity contribution is -0.117. The Balaban J connectivity index is 2.28. The fraction of sp³-hybridized carbons (Fsp3) is 0.444. The van der Waals surface area contributed by atoms with Gasteiger partial charge >= 0.3 is 0 Å². The standard InChI is InChI=1S/C9H10O2/c1-6-2-3-7-4-5-8(10)9(7)11-6/h2H,3-5H2,1H3. The van der Waals surface area contributed by atoms with Crippen molar-refractivity contribution in [1.29, 1.82) is 0 Å². The van der Waals surface area contributed by atoms with Gasteiger partial charge in [0, 0.05) is 6.42 Å². The summed E-state index contributed by atoms with van der Waals surface area (Å²) < 4.78 is 5.31. The lowest BCUT2D eigenvalue weighted by Crippen LogP contribution is -2.03. The van der Waals surface area contributed by atoms with Gasteiger partial charge in [-0.25, -0.2) is 0 Å². The molecule has 0 radical (unpaired) electrons. The minimum atomic E-state index is 0.174. The molecule has 0 aromatic heterocycles. The first kappa shape index (κ1) is 6.65. The Kier molecular flexibility index (Phi) is 1.34. The van der Waals surface area contributed by atoms with Gasteiger partial charge in [-0.15, -0.1) is 0 Å². The third-order valence-corrected chi connectivity index (χ3v) is 2.13. The van der Waals surface area contributed by atoms with Gasteiger partial charge in [0.15, 0.2) is 11.5 Å². The van der Waals surface area contributed by atoms with Crippen LogP contribution in [0, 0.1) is 0 Å². The van der Waals surface area contributed by atoms with Gasteiger partial charge < -0.3 is 4.74 Å². The van der Waals surface area contributed by atoms with Crippen molar-refractivity contribution in [1.82, 2.24) is 0 Å². The van der Waals surface area contributed by atoms with Crippen molar-refractivity contribution in [3.63, 3.8) is 0 Å². The lowest BCUT2D eigenvalue weighted by atomic mass is 10.1. The second kappa shape index (κ2) is 2.22. The highest BCUT2D eigenvalue weighted by molar-refractivity contribution is 5.97. The zero-order chi connectivity index (χ0) is 7.84. The molecule has 1 aliphatic heterocycles. The molecule has 0 saturated heterocycles. The lowest BCUT2D eigenvalue weighted by Gasteiger charge is -2.12. The second-order valence-electron chi connectivity index (χ2n) is 2.98. The van der Waals surface area contributed by atoms with E-state index in [1.807, 2.05) is 13.0 Å². The van der Waals surface area contributed by atoms with Crippen LogP contribution < -0.4 is 0 Å². The Morgan fingerprint density at radius 2 is 2.27 bits per heavy atom. The number of hydrogen-bond acceptors (Lipinski definition) is 2. The van der Waals surface area contributed by atoms with Crippen LogP contribution in [-0.2, 0) is 9.53 Å². The summed E-state index contributed by atoms with van der Waals surface area (Å²) in [5.74, 6) is 1.66. The number of allylic oxidation sites excluding steroid dienone is 4. The van der Waals surface area contributed by atoms with E-state index < -0.39 is 0 Å². The fourth-order valence-corrected chi connectivity index (χ4v) is 1.48. The minimum absolute atomic E-state index is 0.174. The first-order valence-corrected chi connectivity index (χ1v) is 3.87. The van der Waals surface area contributed by atoms with Crippen molar-refractivity contribution in [2.45, 2.75) is 26.2 Å². The molecule has 0 saturated carbocycles. The van der Waals surface area contributed by atoms with E-state index in [4.69, 9.17) is 4.74 Å². The van der Waals surface area contributed by atoms with Gasteiger partial charge in [0.05, 0.1) is 5.76 Å². The van der Waals surface area contributed by atoms with Gasteiger partial charge in [-0.1, -0.05) is 0 Å². The average Bonchev–Trinajstić information content (AvgIpc) is 2.33. The maximum Gasteiger partial charge on any atom is 0.198 e. The van der Waals surface area contributed by atoms with Crippen molar-refractivity contribution in [3.8, 4) is 0 Å². The maximum atomic E-state index is 11.1. The molecule has 2 aliphatic rings. The number of carbonyl (C=O) groups excluding carboxylic acids is 1. The zero-order valence-corrected chi connectivity index (χ0v) is 6.52. The van der Waals surface area contributed by atoms with Crippen molar-refractivity contribution in [2.75, 3.05) is 0 Å². The summed E-state index contributed by atoms with van der Waals surface area (Å²) in [4.78, 5) is 11.1. The number of carbonyl (C=O) groups is 1. The number of ketones is 1. The van der Waals surface area contributed by atoms with Gasteiger partial charge in [0.25, 0.3) is 0 Å². The number of ether oxygens (including phenoxy) is 1. The summed E-state index contributed by atoms with van der Waals surface area (Å²) in [5, 5.41) is 0. The van der Waals surface area contributed by atoms with Gasteiger partial charge in [-0.05, 0) is 31.4 Å². The number of hydrogen-bond donors (Lipinski definition) is 0. The van der Waals surface area contributed by atoms with Crippen LogP contribution in [-0.4, -0.2) is 5.78 Å². The molecule has 0 bridgehead atoms. The van der Waals surface area contributed by atoms with E-state index >= 15 is 0 Å². The third kappa shape index (κ3) is 0.985. The van der Waals surface area contributed by atoms with Crippen molar-refractivity contribution >= 4 is 5.78 Å². The molecule has 0 unspecified atom stereocenters. The van der Waals surface area contributed by atoms with Crippen molar-refractivity contribution < 1.29 is 9.53 Å². The van der Waals surface area contributed by atoms with Crippen molar-refractivity contribution in [3.05, 3.63) is 23.2 Å². The highest BCUT2D eigenvalue weighted by Gasteiger charge is 2.26. The molecule has 0 atom stereocenters. The average molecular weight is 150 g/mol. The predicted octanol–water partition coefficient (Wildman–Crippen LogP) is 1.93. The topological polar surface area (TPSA) is 26.3 Å². The maximum absolute atomic E-state index is 11.1. The summed E-state index contributed by atoms with van der Waals surface area (Å²) in [5.41, 5.74) is 1.18. The van der Waals surface area contributed by atoms with Crippen LogP contribution in [0.2, 0.25) is 0 Å². The van der Waals surface area contributed by atoms with Crippen LogP contribution in [0.1, 0.15) is 26.2 Å². The van der Waals surface area contributed by atoms with Crippen LogP contribution in [0.3, 0.4) is 0 Å². The number of rotatable bonds is 0. The molecular weight excluding hydrogens is 140 g/mol. The summed E-state index contributed by atoms with van der Waals surface area (Å²) in [6.45, 7) is 1.88. The molecule has 0 spiro atoms. The molecule has 0 N–H and O–H groups in total.